The molecule has 4 heteroatoms. The molecule has 4 nitrogen and oxygen atoms in total. The highest BCUT2D eigenvalue weighted by atomic mass is 16.5. The van der Waals surface area contributed by atoms with Gasteiger partial charge in [-0.2, -0.15) is 0 Å². The Morgan fingerprint density at radius 2 is 2.26 bits per heavy atom. The third-order valence-corrected chi connectivity index (χ3v) is 3.79. The minimum absolute atomic E-state index is 0.00578. The summed E-state index contributed by atoms with van der Waals surface area (Å²) in [5.41, 5.74) is 1.89. The van der Waals surface area contributed by atoms with Gasteiger partial charge in [0, 0.05) is 29.9 Å². The lowest BCUT2D eigenvalue weighted by molar-refractivity contribution is 0.267. The van der Waals surface area contributed by atoms with Crippen molar-refractivity contribution in [3.63, 3.8) is 0 Å². The van der Waals surface area contributed by atoms with Crippen molar-refractivity contribution in [2.75, 3.05) is 25.5 Å². The lowest BCUT2D eigenvalue weighted by atomic mass is 10.1. The fourth-order valence-electron chi connectivity index (χ4n) is 2.62. The van der Waals surface area contributed by atoms with Crippen LogP contribution in [0, 0.1) is 0 Å². The van der Waals surface area contributed by atoms with Crippen LogP contribution in [0.2, 0.25) is 0 Å². The zero-order chi connectivity index (χ0) is 13.8. The number of aliphatic hydroxyl groups is 1. The van der Waals surface area contributed by atoms with Gasteiger partial charge in [0.05, 0.1) is 13.2 Å². The molecule has 106 valence electrons. The summed E-state index contributed by atoms with van der Waals surface area (Å²) in [6.07, 6.45) is 1.15. The fraction of sp³-hybridized carbons (Fsp3) is 0.600. The van der Waals surface area contributed by atoms with Crippen LogP contribution in [0.25, 0.3) is 0 Å². The summed E-state index contributed by atoms with van der Waals surface area (Å²) in [5.74, 6) is 0.771. The van der Waals surface area contributed by atoms with Crippen molar-refractivity contribution in [2.45, 2.75) is 39.0 Å². The zero-order valence-corrected chi connectivity index (χ0v) is 12.0. The number of nitrogens with one attached hydrogen (secondary N) is 1. The molecular formula is C15H24N2O2. The van der Waals surface area contributed by atoms with Crippen LogP contribution in [-0.4, -0.2) is 42.3 Å². The highest BCUT2D eigenvalue weighted by Crippen LogP contribution is 2.25. The molecule has 0 aliphatic carbocycles. The van der Waals surface area contributed by atoms with Crippen molar-refractivity contribution >= 4 is 5.69 Å². The second kappa shape index (κ2) is 6.26. The molecule has 0 aromatic heterocycles. The summed E-state index contributed by atoms with van der Waals surface area (Å²) in [5, 5.41) is 12.9. The normalized spacial score (nSPS) is 23.6. The van der Waals surface area contributed by atoms with Gasteiger partial charge in [-0.15, -0.1) is 0 Å². The number of benzene rings is 1. The quantitative estimate of drug-likeness (QED) is 0.854. The van der Waals surface area contributed by atoms with E-state index in [-0.39, 0.29) is 6.61 Å². The SMILES string of the molecule is CCOc1ccc(NC2CC(C)N(C)C2)cc1CO. The van der Waals surface area contributed by atoms with Gasteiger partial charge in [0.2, 0.25) is 0 Å². The molecule has 1 aromatic carbocycles. The first-order valence-electron chi connectivity index (χ1n) is 6.97. The molecule has 0 saturated carbocycles. The molecule has 0 radical (unpaired) electrons. The number of aliphatic hydroxyl groups excluding tert-OH is 1. The molecule has 0 spiro atoms. The molecule has 1 heterocycles. The van der Waals surface area contributed by atoms with Crippen LogP contribution >= 0.6 is 0 Å². The molecule has 1 aliphatic rings. The zero-order valence-electron chi connectivity index (χ0n) is 12.0. The van der Waals surface area contributed by atoms with E-state index in [0.717, 1.165) is 30.0 Å². The lowest BCUT2D eigenvalue weighted by Gasteiger charge is -2.16. The van der Waals surface area contributed by atoms with E-state index in [2.05, 4.69) is 24.2 Å². The smallest absolute Gasteiger partial charge is 0.124 e. The second-order valence-corrected chi connectivity index (χ2v) is 5.28. The van der Waals surface area contributed by atoms with Gasteiger partial charge >= 0.3 is 0 Å². The molecule has 1 aromatic rings. The predicted octanol–water partition coefficient (Wildman–Crippen LogP) is 2.08. The number of anilines is 1. The number of rotatable bonds is 5. The molecule has 2 unspecified atom stereocenters. The van der Waals surface area contributed by atoms with Gasteiger partial charge in [0.25, 0.3) is 0 Å². The van der Waals surface area contributed by atoms with E-state index in [1.807, 2.05) is 25.1 Å². The van der Waals surface area contributed by atoms with Gasteiger partial charge in [-0.1, -0.05) is 0 Å². The number of hydrogen-bond donors (Lipinski definition) is 2. The summed E-state index contributed by atoms with van der Waals surface area (Å²) >= 11 is 0. The van der Waals surface area contributed by atoms with Gasteiger partial charge in [-0.3, -0.25) is 0 Å². The Labute approximate surface area is 115 Å². The van der Waals surface area contributed by atoms with Crippen LogP contribution in [0.4, 0.5) is 5.69 Å². The van der Waals surface area contributed by atoms with Crippen molar-refractivity contribution in [1.82, 2.24) is 4.90 Å². The average molecular weight is 264 g/mol. The summed E-state index contributed by atoms with van der Waals surface area (Å²) in [6.45, 7) is 5.88. The van der Waals surface area contributed by atoms with Gasteiger partial charge in [0.1, 0.15) is 5.75 Å². The van der Waals surface area contributed by atoms with Gasteiger partial charge in [0.15, 0.2) is 0 Å². The highest BCUT2D eigenvalue weighted by molar-refractivity contribution is 5.51. The molecule has 1 fully saturated rings. The maximum atomic E-state index is 9.40. The van der Waals surface area contributed by atoms with Gasteiger partial charge in [-0.25, -0.2) is 0 Å². The van der Waals surface area contributed by atoms with Crippen LogP contribution in [0.3, 0.4) is 0 Å². The van der Waals surface area contributed by atoms with Crippen LogP contribution in [0.5, 0.6) is 5.75 Å². The number of hydrogen-bond acceptors (Lipinski definition) is 4. The molecule has 2 N–H and O–H groups in total. The Bertz CT molecular complexity index is 413. The summed E-state index contributed by atoms with van der Waals surface area (Å²) in [6, 6.07) is 7.03. The van der Waals surface area contributed by atoms with E-state index in [0.29, 0.717) is 18.7 Å². The molecule has 0 amide bonds. The Hall–Kier alpha value is -1.26. The van der Waals surface area contributed by atoms with Gasteiger partial charge in [-0.05, 0) is 45.5 Å². The van der Waals surface area contributed by atoms with Crippen molar-refractivity contribution in [2.24, 2.45) is 0 Å². The topological polar surface area (TPSA) is 44.7 Å². The van der Waals surface area contributed by atoms with Crippen molar-refractivity contribution < 1.29 is 9.84 Å². The first kappa shape index (κ1) is 14.2. The summed E-state index contributed by atoms with van der Waals surface area (Å²) in [7, 11) is 2.16. The molecule has 0 bridgehead atoms. The van der Waals surface area contributed by atoms with E-state index in [1.165, 1.54) is 0 Å². The fourth-order valence-corrected chi connectivity index (χ4v) is 2.62. The Morgan fingerprint density at radius 3 is 2.84 bits per heavy atom. The standard InChI is InChI=1S/C15H24N2O2/c1-4-19-15-6-5-13(8-12(15)10-18)16-14-7-11(2)17(3)9-14/h5-6,8,11,14,16,18H,4,7,9-10H2,1-3H3. The number of likely N-dealkylation sites (tertiary alicyclic amines) is 1. The summed E-state index contributed by atoms with van der Waals surface area (Å²) < 4.78 is 5.49. The Morgan fingerprint density at radius 1 is 1.47 bits per heavy atom. The largest absolute Gasteiger partial charge is 0.494 e. The molecule has 2 atom stereocenters. The van der Waals surface area contributed by atoms with E-state index in [1.54, 1.807) is 0 Å². The maximum Gasteiger partial charge on any atom is 0.124 e. The number of ether oxygens (including phenoxy) is 1. The third-order valence-electron chi connectivity index (χ3n) is 3.79. The van der Waals surface area contributed by atoms with Gasteiger partial charge < -0.3 is 20.1 Å². The predicted molar refractivity (Wildman–Crippen MR) is 77.7 cm³/mol. The van der Waals surface area contributed by atoms with Crippen molar-refractivity contribution in [3.05, 3.63) is 23.8 Å². The molecule has 19 heavy (non-hydrogen) atoms. The molecule has 1 saturated heterocycles. The third kappa shape index (κ3) is 3.39. The van der Waals surface area contributed by atoms with E-state index in [9.17, 15) is 5.11 Å². The highest BCUT2D eigenvalue weighted by Gasteiger charge is 2.25. The van der Waals surface area contributed by atoms with E-state index in [4.69, 9.17) is 4.74 Å². The van der Waals surface area contributed by atoms with Crippen molar-refractivity contribution in [1.29, 1.82) is 0 Å². The van der Waals surface area contributed by atoms with Crippen LogP contribution < -0.4 is 10.1 Å². The second-order valence-electron chi connectivity index (χ2n) is 5.28. The summed E-state index contributed by atoms with van der Waals surface area (Å²) in [4.78, 5) is 2.36. The number of likely N-dealkylation sites (N-methyl/N-ethyl adjacent to an activating group) is 1. The maximum absolute atomic E-state index is 9.40. The van der Waals surface area contributed by atoms with Crippen LogP contribution in [0.1, 0.15) is 25.8 Å². The Kier molecular flexibility index (Phi) is 4.66. The van der Waals surface area contributed by atoms with E-state index < -0.39 is 0 Å². The van der Waals surface area contributed by atoms with Crippen LogP contribution in [0.15, 0.2) is 18.2 Å². The number of nitrogens with zero attached hydrogens (tertiary/aromatic N) is 1. The Balaban J connectivity index is 2.05. The molecular weight excluding hydrogens is 240 g/mol. The molecule has 1 aliphatic heterocycles. The first-order chi connectivity index (χ1) is 9.13. The minimum atomic E-state index is 0.00578. The van der Waals surface area contributed by atoms with E-state index >= 15 is 0 Å². The monoisotopic (exact) mass is 264 g/mol. The first-order valence-corrected chi connectivity index (χ1v) is 6.97. The van der Waals surface area contributed by atoms with Crippen LogP contribution in [-0.2, 0) is 6.61 Å². The minimum Gasteiger partial charge on any atom is -0.494 e. The molecule has 2 rings (SSSR count). The lowest BCUT2D eigenvalue weighted by Crippen LogP contribution is -2.24. The average Bonchev–Trinajstić information content (AvgIpc) is 2.70. The van der Waals surface area contributed by atoms with Crippen molar-refractivity contribution in [3.8, 4) is 5.75 Å².